The van der Waals surface area contributed by atoms with Crippen LogP contribution in [0.4, 0.5) is 0 Å². The lowest BCUT2D eigenvalue weighted by Gasteiger charge is -2.64. The molecule has 0 amide bonds. The van der Waals surface area contributed by atoms with E-state index in [9.17, 15) is 0 Å². The van der Waals surface area contributed by atoms with Crippen LogP contribution in [0.2, 0.25) is 0 Å². The molecular formula is C25H42O. The van der Waals surface area contributed by atoms with Gasteiger partial charge in [0.15, 0.2) is 0 Å². The normalized spacial score (nSPS) is 19.7. The molecular weight excluding hydrogens is 316 g/mol. The molecule has 0 atom stereocenters. The molecule has 26 heavy (non-hydrogen) atoms. The number of fused-ring (bicyclic) bond motifs is 1. The number of aryl methyl sites for hydroxylation is 1. The van der Waals surface area contributed by atoms with E-state index in [4.69, 9.17) is 4.74 Å². The molecule has 1 aromatic carbocycles. The summed E-state index contributed by atoms with van der Waals surface area (Å²) in [7, 11) is 0. The zero-order valence-electron chi connectivity index (χ0n) is 18.7. The SMILES string of the molecule is CCc1ccc2c(c1CC)C(CC)(CC)C(CC)(CC)C(CC)(CC)O2. The fourth-order valence-corrected chi connectivity index (χ4v) is 6.92. The standard InChI is InChI=1S/C25H42O/c1-9-19-17-18-21-22(20(19)10-2)23(11-3,12-4)24(13-5,14-6)25(15-7,16-8)26-21/h17-18H,9-16H2,1-8H3. The molecule has 0 saturated carbocycles. The minimum atomic E-state index is -0.0612. The highest BCUT2D eigenvalue weighted by atomic mass is 16.5. The van der Waals surface area contributed by atoms with Crippen LogP contribution >= 0.6 is 0 Å². The van der Waals surface area contributed by atoms with Crippen molar-refractivity contribution in [3.05, 3.63) is 28.8 Å². The van der Waals surface area contributed by atoms with Crippen LogP contribution in [0.15, 0.2) is 12.1 Å². The maximum atomic E-state index is 7.02. The maximum Gasteiger partial charge on any atom is 0.124 e. The molecule has 0 spiro atoms. The second kappa shape index (κ2) is 7.95. The van der Waals surface area contributed by atoms with Gasteiger partial charge in [-0.3, -0.25) is 0 Å². The van der Waals surface area contributed by atoms with E-state index in [0.717, 1.165) is 25.7 Å². The molecule has 0 radical (unpaired) electrons. The van der Waals surface area contributed by atoms with Crippen molar-refractivity contribution in [1.29, 1.82) is 0 Å². The van der Waals surface area contributed by atoms with Crippen LogP contribution < -0.4 is 4.74 Å². The van der Waals surface area contributed by atoms with Gasteiger partial charge in [0, 0.05) is 16.4 Å². The number of hydrogen-bond donors (Lipinski definition) is 0. The largest absolute Gasteiger partial charge is 0.486 e. The average Bonchev–Trinajstić information content (AvgIpc) is 2.70. The number of hydrogen-bond acceptors (Lipinski definition) is 1. The Bertz CT molecular complexity index is 601. The molecule has 1 aromatic rings. The van der Waals surface area contributed by atoms with Gasteiger partial charge in [-0.2, -0.15) is 0 Å². The van der Waals surface area contributed by atoms with Gasteiger partial charge in [0.1, 0.15) is 11.4 Å². The Morgan fingerprint density at radius 3 is 1.65 bits per heavy atom. The summed E-state index contributed by atoms with van der Waals surface area (Å²) in [5, 5.41) is 0. The highest BCUT2D eigenvalue weighted by molar-refractivity contribution is 5.54. The Labute approximate surface area is 162 Å². The van der Waals surface area contributed by atoms with E-state index in [1.54, 1.807) is 11.1 Å². The van der Waals surface area contributed by atoms with Crippen molar-refractivity contribution in [2.24, 2.45) is 5.41 Å². The fraction of sp³-hybridized carbons (Fsp3) is 0.760. The number of ether oxygens (including phenoxy) is 1. The van der Waals surface area contributed by atoms with Gasteiger partial charge in [0.05, 0.1) is 0 Å². The second-order valence-corrected chi connectivity index (χ2v) is 8.17. The highest BCUT2D eigenvalue weighted by Crippen LogP contribution is 2.65. The predicted octanol–water partition coefficient (Wildman–Crippen LogP) is 7.63. The van der Waals surface area contributed by atoms with E-state index < -0.39 is 0 Å². The van der Waals surface area contributed by atoms with Crippen LogP contribution in [-0.4, -0.2) is 5.60 Å². The van der Waals surface area contributed by atoms with Crippen LogP contribution in [0.5, 0.6) is 5.75 Å². The molecule has 148 valence electrons. The lowest BCUT2D eigenvalue weighted by atomic mass is 9.45. The summed E-state index contributed by atoms with van der Waals surface area (Å²) < 4.78 is 7.02. The second-order valence-electron chi connectivity index (χ2n) is 8.17. The summed E-state index contributed by atoms with van der Waals surface area (Å²) in [6, 6.07) is 4.62. The van der Waals surface area contributed by atoms with Crippen molar-refractivity contribution in [2.75, 3.05) is 0 Å². The first kappa shape index (κ1) is 21.3. The molecule has 1 heteroatoms. The maximum absolute atomic E-state index is 7.02. The van der Waals surface area contributed by atoms with Gasteiger partial charge in [0.2, 0.25) is 0 Å². The van der Waals surface area contributed by atoms with E-state index in [1.807, 2.05) is 0 Å². The summed E-state index contributed by atoms with van der Waals surface area (Å²) in [6.07, 6.45) is 9.15. The van der Waals surface area contributed by atoms with Crippen LogP contribution in [0, 0.1) is 5.41 Å². The molecule has 0 aromatic heterocycles. The van der Waals surface area contributed by atoms with Crippen molar-refractivity contribution in [3.63, 3.8) is 0 Å². The van der Waals surface area contributed by atoms with Gasteiger partial charge in [-0.1, -0.05) is 61.5 Å². The van der Waals surface area contributed by atoms with E-state index in [-0.39, 0.29) is 16.4 Å². The Balaban J connectivity index is 2.99. The summed E-state index contributed by atoms with van der Waals surface area (Å²) in [5.74, 6) is 1.18. The lowest BCUT2D eigenvalue weighted by Crippen LogP contribution is -2.64. The summed E-state index contributed by atoms with van der Waals surface area (Å²) in [4.78, 5) is 0. The van der Waals surface area contributed by atoms with Crippen molar-refractivity contribution in [2.45, 2.75) is 118 Å². The Kier molecular flexibility index (Phi) is 6.52. The van der Waals surface area contributed by atoms with Crippen LogP contribution in [0.25, 0.3) is 0 Å². The Morgan fingerprint density at radius 2 is 1.27 bits per heavy atom. The molecule has 1 nitrogen and oxygen atoms in total. The molecule has 1 aliphatic rings. The molecule has 0 unspecified atom stereocenters. The highest BCUT2D eigenvalue weighted by Gasteiger charge is 2.64. The molecule has 1 heterocycles. The topological polar surface area (TPSA) is 9.23 Å². The molecule has 0 N–H and O–H groups in total. The smallest absolute Gasteiger partial charge is 0.124 e. The molecule has 2 rings (SSSR count). The van der Waals surface area contributed by atoms with Gasteiger partial charge in [0.25, 0.3) is 0 Å². The van der Waals surface area contributed by atoms with E-state index in [0.29, 0.717) is 0 Å². The number of benzene rings is 1. The van der Waals surface area contributed by atoms with E-state index >= 15 is 0 Å². The quantitative estimate of drug-likeness (QED) is 0.464. The van der Waals surface area contributed by atoms with Crippen molar-refractivity contribution < 1.29 is 4.74 Å². The van der Waals surface area contributed by atoms with Gasteiger partial charge in [-0.25, -0.2) is 0 Å². The summed E-state index contributed by atoms with van der Waals surface area (Å²) >= 11 is 0. The fourth-order valence-electron chi connectivity index (χ4n) is 6.92. The van der Waals surface area contributed by atoms with Gasteiger partial charge in [-0.15, -0.1) is 0 Å². The lowest BCUT2D eigenvalue weighted by molar-refractivity contribution is -0.144. The molecule has 0 bridgehead atoms. The zero-order valence-corrected chi connectivity index (χ0v) is 18.7. The average molecular weight is 359 g/mol. The third-order valence-electron chi connectivity index (χ3n) is 8.23. The van der Waals surface area contributed by atoms with Crippen LogP contribution in [0.3, 0.4) is 0 Å². The van der Waals surface area contributed by atoms with Gasteiger partial charge < -0.3 is 4.74 Å². The Morgan fingerprint density at radius 1 is 0.692 bits per heavy atom. The van der Waals surface area contributed by atoms with E-state index in [1.165, 1.54) is 37.0 Å². The van der Waals surface area contributed by atoms with Gasteiger partial charge >= 0.3 is 0 Å². The first-order chi connectivity index (χ1) is 12.5. The van der Waals surface area contributed by atoms with Crippen molar-refractivity contribution in [1.82, 2.24) is 0 Å². The summed E-state index contributed by atoms with van der Waals surface area (Å²) in [5.41, 5.74) is 4.98. The molecule has 1 aliphatic heterocycles. The third kappa shape index (κ3) is 2.49. The first-order valence-corrected chi connectivity index (χ1v) is 11.3. The van der Waals surface area contributed by atoms with Crippen molar-refractivity contribution in [3.8, 4) is 5.75 Å². The molecule has 0 fully saturated rings. The van der Waals surface area contributed by atoms with Gasteiger partial charge in [-0.05, 0) is 68.6 Å². The van der Waals surface area contributed by atoms with E-state index in [2.05, 4.69) is 67.5 Å². The minimum absolute atomic E-state index is 0.0612. The minimum Gasteiger partial charge on any atom is -0.486 e. The van der Waals surface area contributed by atoms with Crippen LogP contribution in [0.1, 0.15) is 111 Å². The number of rotatable bonds is 8. The predicted molar refractivity (Wildman–Crippen MR) is 114 cm³/mol. The zero-order chi connectivity index (χ0) is 19.6. The third-order valence-corrected chi connectivity index (χ3v) is 8.23. The first-order valence-electron chi connectivity index (χ1n) is 11.3. The molecule has 0 saturated heterocycles. The summed E-state index contributed by atoms with van der Waals surface area (Å²) in [6.45, 7) is 19.0. The Hall–Kier alpha value is -0.980. The monoisotopic (exact) mass is 358 g/mol. The van der Waals surface area contributed by atoms with Crippen LogP contribution in [-0.2, 0) is 18.3 Å². The van der Waals surface area contributed by atoms with Crippen molar-refractivity contribution >= 4 is 0 Å². The molecule has 0 aliphatic carbocycles.